The van der Waals surface area contributed by atoms with Gasteiger partial charge in [-0.05, 0) is 30.9 Å². The number of halogens is 1. The molecule has 0 aromatic heterocycles. The first-order chi connectivity index (χ1) is 9.10. The Labute approximate surface area is 121 Å². The molecule has 19 heavy (non-hydrogen) atoms. The Bertz CT molecular complexity index is 461. The molecular formula is C14H19BrN2O2. The highest BCUT2D eigenvalue weighted by atomic mass is 79.9. The van der Waals surface area contributed by atoms with Gasteiger partial charge in [0, 0.05) is 28.7 Å². The summed E-state index contributed by atoms with van der Waals surface area (Å²) in [7, 11) is 0. The summed E-state index contributed by atoms with van der Waals surface area (Å²) >= 11 is 3.37. The van der Waals surface area contributed by atoms with Crippen LogP contribution in [0.4, 0.5) is 5.69 Å². The second kappa shape index (κ2) is 6.48. The molecule has 0 amide bonds. The molecule has 0 saturated heterocycles. The lowest BCUT2D eigenvalue weighted by atomic mass is 10.1. The molecule has 5 heteroatoms. The predicted octanol–water partition coefficient (Wildman–Crippen LogP) is 4.03. The van der Waals surface area contributed by atoms with Crippen LogP contribution < -0.4 is 5.32 Å². The number of nitro benzene ring substituents is 1. The van der Waals surface area contributed by atoms with Gasteiger partial charge in [-0.1, -0.05) is 35.7 Å². The van der Waals surface area contributed by atoms with Crippen LogP contribution in [-0.2, 0) is 6.54 Å². The van der Waals surface area contributed by atoms with Crippen molar-refractivity contribution >= 4 is 21.6 Å². The Morgan fingerprint density at radius 1 is 1.53 bits per heavy atom. The molecule has 1 aliphatic carbocycles. The zero-order valence-electron chi connectivity index (χ0n) is 11.1. The maximum Gasteiger partial charge on any atom is 0.273 e. The zero-order chi connectivity index (χ0) is 13.8. The summed E-state index contributed by atoms with van der Waals surface area (Å²) in [6.07, 6.45) is 4.95. The Balaban J connectivity index is 2.00. The fourth-order valence-corrected chi connectivity index (χ4v) is 2.69. The van der Waals surface area contributed by atoms with E-state index in [1.807, 2.05) is 6.07 Å². The van der Waals surface area contributed by atoms with Gasteiger partial charge in [-0.15, -0.1) is 0 Å². The minimum absolute atomic E-state index is 0.192. The molecule has 1 N–H and O–H groups in total. The lowest BCUT2D eigenvalue weighted by molar-refractivity contribution is -0.385. The van der Waals surface area contributed by atoms with Crippen molar-refractivity contribution in [3.05, 3.63) is 38.3 Å². The Hall–Kier alpha value is -0.940. The van der Waals surface area contributed by atoms with Crippen molar-refractivity contribution in [2.24, 2.45) is 5.92 Å². The molecule has 1 fully saturated rings. The summed E-state index contributed by atoms with van der Waals surface area (Å²) in [5.41, 5.74) is 0.936. The monoisotopic (exact) mass is 326 g/mol. The Morgan fingerprint density at radius 2 is 2.26 bits per heavy atom. The van der Waals surface area contributed by atoms with Crippen molar-refractivity contribution < 1.29 is 4.92 Å². The van der Waals surface area contributed by atoms with E-state index in [0.717, 1.165) is 22.4 Å². The molecule has 1 saturated carbocycles. The van der Waals surface area contributed by atoms with Crippen molar-refractivity contribution in [3.63, 3.8) is 0 Å². The molecule has 0 heterocycles. The van der Waals surface area contributed by atoms with Gasteiger partial charge in [0.2, 0.25) is 0 Å². The van der Waals surface area contributed by atoms with Crippen molar-refractivity contribution in [1.29, 1.82) is 0 Å². The largest absolute Gasteiger partial charge is 0.310 e. The van der Waals surface area contributed by atoms with Crippen LogP contribution in [0.5, 0.6) is 0 Å². The molecule has 0 bridgehead atoms. The van der Waals surface area contributed by atoms with E-state index in [1.54, 1.807) is 12.1 Å². The van der Waals surface area contributed by atoms with E-state index in [4.69, 9.17) is 0 Å². The van der Waals surface area contributed by atoms with Crippen molar-refractivity contribution in [2.45, 2.75) is 45.2 Å². The van der Waals surface area contributed by atoms with Gasteiger partial charge in [0.15, 0.2) is 0 Å². The average Bonchev–Trinajstić information content (AvgIpc) is 3.18. The van der Waals surface area contributed by atoms with Gasteiger partial charge in [-0.25, -0.2) is 0 Å². The first kappa shape index (κ1) is 14.5. The maximum absolute atomic E-state index is 11.0. The average molecular weight is 327 g/mol. The molecule has 1 aliphatic rings. The van der Waals surface area contributed by atoms with E-state index in [9.17, 15) is 10.1 Å². The number of nitrogens with one attached hydrogen (secondary N) is 1. The van der Waals surface area contributed by atoms with Crippen LogP contribution in [0.3, 0.4) is 0 Å². The Kier molecular flexibility index (Phi) is 4.93. The minimum atomic E-state index is -0.314. The molecule has 0 radical (unpaired) electrons. The highest BCUT2D eigenvalue weighted by Crippen LogP contribution is 2.34. The van der Waals surface area contributed by atoms with Gasteiger partial charge in [-0.3, -0.25) is 10.1 Å². The molecule has 0 spiro atoms. The lowest BCUT2D eigenvalue weighted by Gasteiger charge is -2.16. The molecule has 1 aromatic carbocycles. The van der Waals surface area contributed by atoms with E-state index in [-0.39, 0.29) is 10.6 Å². The zero-order valence-corrected chi connectivity index (χ0v) is 12.6. The van der Waals surface area contributed by atoms with E-state index in [1.165, 1.54) is 19.3 Å². The second-order valence-electron chi connectivity index (χ2n) is 5.20. The van der Waals surface area contributed by atoms with Gasteiger partial charge in [-0.2, -0.15) is 0 Å². The summed E-state index contributed by atoms with van der Waals surface area (Å²) < 4.78 is 0.880. The summed E-state index contributed by atoms with van der Waals surface area (Å²) in [6, 6.07) is 5.56. The lowest BCUT2D eigenvalue weighted by Crippen LogP contribution is -2.28. The van der Waals surface area contributed by atoms with Crippen LogP contribution >= 0.6 is 15.9 Å². The third kappa shape index (κ3) is 4.28. The minimum Gasteiger partial charge on any atom is -0.310 e. The second-order valence-corrected chi connectivity index (χ2v) is 6.11. The number of hydrogen-bond acceptors (Lipinski definition) is 3. The first-order valence-corrected chi connectivity index (χ1v) is 7.55. The predicted molar refractivity (Wildman–Crippen MR) is 79.1 cm³/mol. The summed E-state index contributed by atoms with van der Waals surface area (Å²) in [5.74, 6) is 0.870. The summed E-state index contributed by atoms with van der Waals surface area (Å²) in [6.45, 7) is 2.72. The van der Waals surface area contributed by atoms with Crippen LogP contribution in [0.1, 0.15) is 38.2 Å². The topological polar surface area (TPSA) is 55.2 Å². The summed E-state index contributed by atoms with van der Waals surface area (Å²) in [5, 5.41) is 14.5. The number of rotatable bonds is 7. The number of hydrogen-bond donors (Lipinski definition) is 1. The van der Waals surface area contributed by atoms with E-state index in [0.29, 0.717) is 12.6 Å². The molecule has 0 aliphatic heterocycles. The first-order valence-electron chi connectivity index (χ1n) is 6.76. The van der Waals surface area contributed by atoms with E-state index >= 15 is 0 Å². The van der Waals surface area contributed by atoms with Crippen LogP contribution in [0, 0.1) is 16.0 Å². The van der Waals surface area contributed by atoms with Gasteiger partial charge in [0.1, 0.15) is 0 Å². The van der Waals surface area contributed by atoms with Crippen LogP contribution in [0.2, 0.25) is 0 Å². The van der Waals surface area contributed by atoms with Crippen LogP contribution in [-0.4, -0.2) is 11.0 Å². The van der Waals surface area contributed by atoms with Gasteiger partial charge in [0.05, 0.1) is 4.92 Å². The van der Waals surface area contributed by atoms with Crippen molar-refractivity contribution in [1.82, 2.24) is 5.32 Å². The molecule has 1 unspecified atom stereocenters. The van der Waals surface area contributed by atoms with Crippen molar-refractivity contribution in [2.75, 3.05) is 0 Å². The third-order valence-electron chi connectivity index (χ3n) is 3.63. The van der Waals surface area contributed by atoms with Crippen LogP contribution in [0.15, 0.2) is 22.7 Å². The smallest absolute Gasteiger partial charge is 0.273 e. The van der Waals surface area contributed by atoms with E-state index in [2.05, 4.69) is 28.2 Å². The third-order valence-corrected chi connectivity index (χ3v) is 4.12. The van der Waals surface area contributed by atoms with Gasteiger partial charge in [0.25, 0.3) is 5.69 Å². The van der Waals surface area contributed by atoms with Gasteiger partial charge < -0.3 is 5.32 Å². The van der Waals surface area contributed by atoms with E-state index < -0.39 is 0 Å². The normalized spacial score (nSPS) is 16.3. The number of benzene rings is 1. The molecular weight excluding hydrogens is 308 g/mol. The highest BCUT2D eigenvalue weighted by molar-refractivity contribution is 9.10. The molecule has 104 valence electrons. The fourth-order valence-electron chi connectivity index (χ4n) is 2.28. The van der Waals surface area contributed by atoms with Crippen molar-refractivity contribution in [3.8, 4) is 0 Å². The highest BCUT2D eigenvalue weighted by Gasteiger charge is 2.25. The summed E-state index contributed by atoms with van der Waals surface area (Å²) in [4.78, 5) is 10.7. The molecule has 2 rings (SSSR count). The number of nitro groups is 1. The molecule has 1 atom stereocenters. The number of nitrogens with zero attached hydrogens (tertiary/aromatic N) is 1. The SMILES string of the molecule is CCC(CC1CC1)NCc1cc(Br)ccc1[N+](=O)[O-]. The maximum atomic E-state index is 11.0. The molecule has 4 nitrogen and oxygen atoms in total. The molecule has 1 aromatic rings. The van der Waals surface area contributed by atoms with Gasteiger partial charge >= 0.3 is 0 Å². The quantitative estimate of drug-likeness (QED) is 0.608. The van der Waals surface area contributed by atoms with Crippen LogP contribution in [0.25, 0.3) is 0 Å². The standard InChI is InChI=1S/C14H19BrN2O2/c1-2-13(7-10-3-4-10)16-9-11-8-12(15)5-6-14(11)17(18)19/h5-6,8,10,13,16H,2-4,7,9H2,1H3. The Morgan fingerprint density at radius 3 is 2.84 bits per heavy atom. The fraction of sp³-hybridized carbons (Fsp3) is 0.571.